The highest BCUT2D eigenvalue weighted by molar-refractivity contribution is 6.06. The lowest BCUT2D eigenvalue weighted by atomic mass is 9.93. The van der Waals surface area contributed by atoms with E-state index in [4.69, 9.17) is 20.2 Å². The standard InChI is InChI=1S/C47H61N11O7/c1-3-35-43(49-30-15-25-65-26-16-30)53-44(41(51-35)42(48)60)50-31-7-8-37(39(27-31)64-2)56-19-13-32(14-20-56)54-21-23-57(24-22-54)46(62)29-11-17-55(18-12-29)36-6-4-5-33-34(36)28-58(47(33)63)38-9-10-40(59)52-45(38)61/h4-8,27,29-30,32,38H,3,9-26,28H2,1-2H3,(H2,48,60)(H2,49,50,53)(H,52,59,61). The van der Waals surface area contributed by atoms with Crippen LogP contribution in [0.15, 0.2) is 36.4 Å². The van der Waals surface area contributed by atoms with Crippen molar-refractivity contribution in [3.63, 3.8) is 0 Å². The molecule has 0 radical (unpaired) electrons. The number of nitrogens with two attached hydrogens (primary N) is 1. The highest BCUT2D eigenvalue weighted by atomic mass is 16.5. The number of benzene rings is 2. The number of aromatic nitrogens is 2. The van der Waals surface area contributed by atoms with Gasteiger partial charge in [0.15, 0.2) is 17.3 Å². The number of amides is 5. The topological polar surface area (TPSA) is 208 Å². The van der Waals surface area contributed by atoms with E-state index in [1.54, 1.807) is 12.0 Å². The first-order chi connectivity index (χ1) is 31.6. The van der Waals surface area contributed by atoms with Gasteiger partial charge in [-0.15, -0.1) is 0 Å². The Morgan fingerprint density at radius 1 is 0.862 bits per heavy atom. The van der Waals surface area contributed by atoms with Crippen molar-refractivity contribution in [3.05, 3.63) is 58.9 Å². The predicted molar refractivity (Wildman–Crippen MR) is 244 cm³/mol. The number of rotatable bonds is 12. The highest BCUT2D eigenvalue weighted by Gasteiger charge is 2.41. The molecule has 7 heterocycles. The molecule has 6 aliphatic heterocycles. The largest absolute Gasteiger partial charge is 0.495 e. The molecule has 0 bridgehead atoms. The van der Waals surface area contributed by atoms with E-state index >= 15 is 0 Å². The predicted octanol–water partition coefficient (Wildman–Crippen LogP) is 3.27. The molecule has 3 aromatic rings. The molecule has 1 unspecified atom stereocenters. The first-order valence-corrected chi connectivity index (χ1v) is 23.4. The third-order valence-corrected chi connectivity index (χ3v) is 14.2. The number of hydrogen-bond acceptors (Lipinski definition) is 14. The Morgan fingerprint density at radius 2 is 1.58 bits per heavy atom. The van der Waals surface area contributed by atoms with Crippen LogP contribution in [-0.4, -0.2) is 145 Å². The second-order valence-electron chi connectivity index (χ2n) is 18.0. The second-order valence-corrected chi connectivity index (χ2v) is 18.0. The molecule has 18 nitrogen and oxygen atoms in total. The number of carbonyl (C=O) groups excluding carboxylic acids is 5. The summed E-state index contributed by atoms with van der Waals surface area (Å²) in [6, 6.07) is 11.7. The molecule has 346 valence electrons. The van der Waals surface area contributed by atoms with Gasteiger partial charge in [-0.05, 0) is 75.6 Å². The SMILES string of the molecule is CCc1nc(C(N)=O)c(Nc2ccc(N3CCC(N4CCN(C(=O)C5CCN(c6cccc7c6CN(C6CCC(=O)NC6=O)C7=O)CC5)CC4)CC3)c(OC)c2)nc1NC1CCOCC1. The number of methoxy groups -OCH3 is 1. The van der Waals surface area contributed by atoms with Crippen LogP contribution in [0.2, 0.25) is 0 Å². The number of imide groups is 1. The molecule has 5 fully saturated rings. The van der Waals surface area contributed by atoms with Crippen molar-refractivity contribution in [3.8, 4) is 5.75 Å². The smallest absolute Gasteiger partial charge is 0.271 e. The molecule has 5 saturated heterocycles. The van der Waals surface area contributed by atoms with Gasteiger partial charge >= 0.3 is 0 Å². The molecule has 0 saturated carbocycles. The summed E-state index contributed by atoms with van der Waals surface area (Å²) in [6.45, 7) is 10.0. The molecule has 5 amide bonds. The summed E-state index contributed by atoms with van der Waals surface area (Å²) < 4.78 is 11.4. The summed E-state index contributed by atoms with van der Waals surface area (Å²) in [7, 11) is 1.66. The number of nitrogens with one attached hydrogen (secondary N) is 3. The van der Waals surface area contributed by atoms with Crippen LogP contribution < -0.4 is 36.2 Å². The molecule has 0 aliphatic carbocycles. The molecular formula is C47H61N11O7. The average molecular weight is 892 g/mol. The van der Waals surface area contributed by atoms with Crippen molar-refractivity contribution in [1.82, 2.24) is 30.0 Å². The molecule has 2 aromatic carbocycles. The van der Waals surface area contributed by atoms with Crippen LogP contribution in [0, 0.1) is 5.92 Å². The Balaban J connectivity index is 0.754. The van der Waals surface area contributed by atoms with Gasteiger partial charge in [0.1, 0.15) is 11.8 Å². The van der Waals surface area contributed by atoms with E-state index < -0.39 is 17.9 Å². The first-order valence-electron chi connectivity index (χ1n) is 23.4. The molecule has 18 heteroatoms. The van der Waals surface area contributed by atoms with Crippen LogP contribution in [0.25, 0.3) is 0 Å². The Hall–Kier alpha value is -6.01. The molecule has 9 rings (SSSR count). The number of hydrogen-bond donors (Lipinski definition) is 4. The number of primary amides is 1. The highest BCUT2D eigenvalue weighted by Crippen LogP contribution is 2.38. The van der Waals surface area contributed by atoms with E-state index in [0.29, 0.717) is 73.0 Å². The van der Waals surface area contributed by atoms with Gasteiger partial charge in [-0.3, -0.25) is 34.2 Å². The second kappa shape index (κ2) is 19.2. The minimum Gasteiger partial charge on any atom is -0.495 e. The van der Waals surface area contributed by atoms with Crippen molar-refractivity contribution in [1.29, 1.82) is 0 Å². The fourth-order valence-electron chi connectivity index (χ4n) is 10.6. The van der Waals surface area contributed by atoms with E-state index in [-0.39, 0.29) is 41.8 Å². The third kappa shape index (κ3) is 9.28. The van der Waals surface area contributed by atoms with E-state index in [1.807, 2.05) is 43.3 Å². The number of anilines is 5. The van der Waals surface area contributed by atoms with E-state index in [9.17, 15) is 24.0 Å². The van der Waals surface area contributed by atoms with Crippen LogP contribution in [0.4, 0.5) is 28.7 Å². The van der Waals surface area contributed by atoms with Crippen molar-refractivity contribution in [2.45, 2.75) is 89.4 Å². The average Bonchev–Trinajstić information content (AvgIpc) is 3.67. The Bertz CT molecular complexity index is 2300. The quantitative estimate of drug-likeness (QED) is 0.193. The van der Waals surface area contributed by atoms with Crippen molar-refractivity contribution < 1.29 is 33.4 Å². The summed E-state index contributed by atoms with van der Waals surface area (Å²) in [5, 5.41) is 9.19. The monoisotopic (exact) mass is 891 g/mol. The van der Waals surface area contributed by atoms with Crippen LogP contribution >= 0.6 is 0 Å². The maximum Gasteiger partial charge on any atom is 0.271 e. The lowest BCUT2D eigenvalue weighted by molar-refractivity contribution is -0.138. The molecular weight excluding hydrogens is 831 g/mol. The van der Waals surface area contributed by atoms with Crippen molar-refractivity contribution in [2.75, 3.05) is 93.1 Å². The van der Waals surface area contributed by atoms with Crippen LogP contribution in [0.3, 0.4) is 0 Å². The van der Waals surface area contributed by atoms with Gasteiger partial charge in [0.25, 0.3) is 11.8 Å². The lowest BCUT2D eigenvalue weighted by Gasteiger charge is -2.44. The fraction of sp³-hybridized carbons (Fsp3) is 0.553. The van der Waals surface area contributed by atoms with E-state index in [2.05, 4.69) is 40.5 Å². The summed E-state index contributed by atoms with van der Waals surface area (Å²) in [5.41, 5.74) is 10.8. The van der Waals surface area contributed by atoms with Crippen molar-refractivity contribution in [2.24, 2.45) is 11.7 Å². The lowest BCUT2D eigenvalue weighted by Crippen LogP contribution is -2.55. The first kappa shape index (κ1) is 44.2. The van der Waals surface area contributed by atoms with Crippen molar-refractivity contribution >= 4 is 58.2 Å². The molecule has 6 aliphatic rings. The van der Waals surface area contributed by atoms with Gasteiger partial charge < -0.3 is 45.4 Å². The maximum absolute atomic E-state index is 13.8. The molecule has 5 N–H and O–H groups in total. The molecule has 65 heavy (non-hydrogen) atoms. The van der Waals surface area contributed by atoms with Crippen LogP contribution in [0.1, 0.15) is 90.4 Å². The number of fused-ring (bicyclic) bond motifs is 1. The normalized spacial score (nSPS) is 21.6. The van der Waals surface area contributed by atoms with Gasteiger partial charge in [0.05, 0.1) is 18.5 Å². The number of ether oxygens (including phenoxy) is 2. The number of nitrogens with zero attached hydrogens (tertiary/aromatic N) is 7. The maximum atomic E-state index is 13.8. The number of piperidine rings is 3. The number of piperazine rings is 1. The Labute approximate surface area is 379 Å². The minimum absolute atomic E-state index is 0.0349. The van der Waals surface area contributed by atoms with Crippen LogP contribution in [-0.2, 0) is 32.1 Å². The van der Waals surface area contributed by atoms with Gasteiger partial charge in [-0.2, -0.15) is 0 Å². The third-order valence-electron chi connectivity index (χ3n) is 14.2. The minimum atomic E-state index is -0.653. The van der Waals surface area contributed by atoms with Gasteiger partial charge in [-0.1, -0.05) is 13.0 Å². The summed E-state index contributed by atoms with van der Waals surface area (Å²) in [4.78, 5) is 84.4. The zero-order valence-electron chi connectivity index (χ0n) is 37.5. The molecule has 1 aromatic heterocycles. The summed E-state index contributed by atoms with van der Waals surface area (Å²) >= 11 is 0. The molecule has 1 atom stereocenters. The van der Waals surface area contributed by atoms with E-state index in [1.165, 1.54) is 0 Å². The van der Waals surface area contributed by atoms with E-state index in [0.717, 1.165) is 108 Å². The molecule has 0 spiro atoms. The van der Waals surface area contributed by atoms with Gasteiger partial charge in [0, 0.05) is 125 Å². The number of aryl methyl sites for hydroxylation is 1. The Kier molecular flexibility index (Phi) is 13.1. The van der Waals surface area contributed by atoms with Crippen LogP contribution in [0.5, 0.6) is 5.75 Å². The zero-order chi connectivity index (χ0) is 45.2. The summed E-state index contributed by atoms with van der Waals surface area (Å²) in [6.07, 6.45) is 6.37. The van der Waals surface area contributed by atoms with Gasteiger partial charge in [-0.25, -0.2) is 9.97 Å². The fourth-order valence-corrected chi connectivity index (χ4v) is 10.6. The van der Waals surface area contributed by atoms with Gasteiger partial charge in [0.2, 0.25) is 17.7 Å². The summed E-state index contributed by atoms with van der Waals surface area (Å²) in [5.74, 6) is 0.312. The Morgan fingerprint density at radius 3 is 2.28 bits per heavy atom. The zero-order valence-corrected chi connectivity index (χ0v) is 37.5. The number of carbonyl (C=O) groups is 5.